The van der Waals surface area contributed by atoms with Crippen molar-refractivity contribution in [2.75, 3.05) is 19.6 Å². The predicted molar refractivity (Wildman–Crippen MR) is 63.3 cm³/mol. The molecule has 0 aromatic heterocycles. The van der Waals surface area contributed by atoms with E-state index in [4.69, 9.17) is 11.6 Å². The van der Waals surface area contributed by atoms with Gasteiger partial charge in [0.1, 0.15) is 0 Å². The van der Waals surface area contributed by atoms with E-state index >= 15 is 0 Å². The highest BCUT2D eigenvalue weighted by atomic mass is 35.5. The third-order valence-electron chi connectivity index (χ3n) is 3.07. The predicted octanol–water partition coefficient (Wildman–Crippen LogP) is 1.90. The second-order valence-corrected chi connectivity index (χ2v) is 4.71. The van der Waals surface area contributed by atoms with Crippen molar-refractivity contribution in [1.82, 2.24) is 10.2 Å². The minimum atomic E-state index is -1.93. The largest absolute Gasteiger partial charge is 0.352 e. The Morgan fingerprint density at radius 3 is 2.62 bits per heavy atom. The summed E-state index contributed by atoms with van der Waals surface area (Å²) >= 11 is 5.00. The van der Waals surface area contributed by atoms with Gasteiger partial charge < -0.3 is 10.2 Å². The van der Waals surface area contributed by atoms with Crippen LogP contribution in [0.3, 0.4) is 0 Å². The van der Waals surface area contributed by atoms with Crippen LogP contribution >= 0.6 is 11.6 Å². The van der Waals surface area contributed by atoms with E-state index in [9.17, 15) is 9.18 Å². The molecule has 0 aromatic rings. The Morgan fingerprint density at radius 2 is 2.06 bits per heavy atom. The molecule has 1 aliphatic heterocycles. The van der Waals surface area contributed by atoms with Crippen LogP contribution in [0, 0.1) is 0 Å². The van der Waals surface area contributed by atoms with Gasteiger partial charge in [-0.1, -0.05) is 18.0 Å². The zero-order valence-electron chi connectivity index (χ0n) is 9.72. The molecular formula is C11H20ClFN2O. The number of amides is 1. The summed E-state index contributed by atoms with van der Waals surface area (Å²) in [7, 11) is 0. The number of nitrogens with one attached hydrogen (secondary N) is 1. The molecule has 16 heavy (non-hydrogen) atoms. The number of likely N-dealkylation sites (tertiary alicyclic amines) is 1. The molecule has 0 bridgehead atoms. The van der Waals surface area contributed by atoms with E-state index in [2.05, 4.69) is 17.1 Å². The van der Waals surface area contributed by atoms with Crippen molar-refractivity contribution in [3.63, 3.8) is 0 Å². The fourth-order valence-electron chi connectivity index (χ4n) is 2.02. The number of hydrogen-bond donors (Lipinski definition) is 1. The molecule has 1 amide bonds. The molecule has 2 atom stereocenters. The summed E-state index contributed by atoms with van der Waals surface area (Å²) in [6.07, 6.45) is 4.67. The van der Waals surface area contributed by atoms with Crippen LogP contribution in [-0.2, 0) is 4.79 Å². The lowest BCUT2D eigenvalue weighted by Gasteiger charge is -2.32. The number of halogens is 2. The Balaban J connectivity index is 2.14. The van der Waals surface area contributed by atoms with E-state index < -0.39 is 11.5 Å². The van der Waals surface area contributed by atoms with E-state index in [1.54, 1.807) is 0 Å². The Bertz CT molecular complexity index is 220. The van der Waals surface area contributed by atoms with Crippen LogP contribution in [0.25, 0.3) is 0 Å². The SMILES string of the molecule is CC(CCNC(=O)C(F)Cl)N1CCCCC1. The zero-order valence-corrected chi connectivity index (χ0v) is 10.5. The van der Waals surface area contributed by atoms with Gasteiger partial charge in [0.15, 0.2) is 0 Å². The van der Waals surface area contributed by atoms with Gasteiger partial charge in [0.05, 0.1) is 0 Å². The van der Waals surface area contributed by atoms with Crippen LogP contribution in [0.4, 0.5) is 4.39 Å². The summed E-state index contributed by atoms with van der Waals surface area (Å²) in [4.78, 5) is 13.3. The van der Waals surface area contributed by atoms with Crippen molar-refractivity contribution >= 4 is 17.5 Å². The van der Waals surface area contributed by atoms with E-state index in [1.165, 1.54) is 19.3 Å². The molecule has 0 spiro atoms. The summed E-state index contributed by atoms with van der Waals surface area (Å²) in [5, 5.41) is 2.48. The van der Waals surface area contributed by atoms with Crippen LogP contribution in [0.1, 0.15) is 32.6 Å². The first-order valence-corrected chi connectivity index (χ1v) is 6.35. The van der Waals surface area contributed by atoms with Crippen molar-refractivity contribution in [1.29, 1.82) is 0 Å². The molecule has 1 heterocycles. The highest BCUT2D eigenvalue weighted by Crippen LogP contribution is 2.13. The van der Waals surface area contributed by atoms with Crippen LogP contribution < -0.4 is 5.32 Å². The van der Waals surface area contributed by atoms with E-state index in [0.717, 1.165) is 19.5 Å². The third-order valence-corrected chi connectivity index (χ3v) is 3.27. The van der Waals surface area contributed by atoms with Crippen molar-refractivity contribution in [3.05, 3.63) is 0 Å². The third kappa shape index (κ3) is 4.66. The Hall–Kier alpha value is -0.350. The lowest BCUT2D eigenvalue weighted by atomic mass is 10.1. The summed E-state index contributed by atoms with van der Waals surface area (Å²) < 4.78 is 12.3. The van der Waals surface area contributed by atoms with Gasteiger partial charge >= 0.3 is 0 Å². The lowest BCUT2D eigenvalue weighted by molar-refractivity contribution is -0.123. The van der Waals surface area contributed by atoms with Gasteiger partial charge in [-0.25, -0.2) is 4.39 Å². The maximum atomic E-state index is 12.3. The maximum Gasteiger partial charge on any atom is 0.270 e. The molecule has 1 rings (SSSR count). The quantitative estimate of drug-likeness (QED) is 0.756. The van der Waals surface area contributed by atoms with E-state index in [1.807, 2.05) is 0 Å². The molecule has 0 saturated carbocycles. The second-order valence-electron chi connectivity index (χ2n) is 4.33. The highest BCUT2D eigenvalue weighted by Gasteiger charge is 2.17. The molecule has 1 fully saturated rings. The van der Waals surface area contributed by atoms with Crippen LogP contribution in [0.5, 0.6) is 0 Å². The molecule has 1 aliphatic rings. The first kappa shape index (κ1) is 13.7. The van der Waals surface area contributed by atoms with Gasteiger partial charge in [-0.3, -0.25) is 4.79 Å². The maximum absolute atomic E-state index is 12.3. The van der Waals surface area contributed by atoms with Crippen molar-refractivity contribution in [3.8, 4) is 0 Å². The topological polar surface area (TPSA) is 32.3 Å². The molecule has 5 heteroatoms. The van der Waals surface area contributed by atoms with Gasteiger partial charge in [-0.2, -0.15) is 0 Å². The van der Waals surface area contributed by atoms with Gasteiger partial charge in [-0.15, -0.1) is 0 Å². The molecule has 2 unspecified atom stereocenters. The van der Waals surface area contributed by atoms with Crippen molar-refractivity contribution in [2.45, 2.75) is 44.3 Å². The first-order valence-electron chi connectivity index (χ1n) is 5.91. The summed E-state index contributed by atoms with van der Waals surface area (Å²) in [5.74, 6) is -0.729. The fourth-order valence-corrected chi connectivity index (χ4v) is 2.10. The van der Waals surface area contributed by atoms with Gasteiger partial charge in [-0.05, 0) is 39.3 Å². The number of carbonyl (C=O) groups excluding carboxylic acids is 1. The number of piperidine rings is 1. The van der Waals surface area contributed by atoms with E-state index in [-0.39, 0.29) is 0 Å². The summed E-state index contributed by atoms with van der Waals surface area (Å²) in [6, 6.07) is 0.439. The average molecular weight is 251 g/mol. The van der Waals surface area contributed by atoms with Crippen LogP contribution in [-0.4, -0.2) is 42.1 Å². The number of rotatable bonds is 5. The van der Waals surface area contributed by atoms with Gasteiger partial charge in [0.25, 0.3) is 11.5 Å². The molecule has 3 nitrogen and oxygen atoms in total. The summed E-state index contributed by atoms with van der Waals surface area (Å²) in [6.45, 7) is 4.90. The normalized spacial score (nSPS) is 21.4. The molecule has 1 saturated heterocycles. The Kier molecular flexibility index (Phi) is 6.06. The summed E-state index contributed by atoms with van der Waals surface area (Å²) in [5.41, 5.74) is -1.93. The highest BCUT2D eigenvalue weighted by molar-refractivity contribution is 6.29. The Labute approximate surface area is 101 Å². The van der Waals surface area contributed by atoms with Crippen LogP contribution in [0.15, 0.2) is 0 Å². The number of alkyl halides is 2. The molecule has 1 N–H and O–H groups in total. The standard InChI is InChI=1S/C11H20ClFN2O/c1-9(15-7-3-2-4-8-15)5-6-14-11(16)10(12)13/h9-10H,2-8H2,1H3,(H,14,16). The number of nitrogens with zero attached hydrogens (tertiary/aromatic N) is 1. The molecule has 94 valence electrons. The average Bonchev–Trinajstić information content (AvgIpc) is 2.29. The molecule has 0 aromatic carbocycles. The molecular weight excluding hydrogens is 231 g/mol. The smallest absolute Gasteiger partial charge is 0.270 e. The number of hydrogen-bond acceptors (Lipinski definition) is 2. The number of carbonyl (C=O) groups is 1. The van der Waals surface area contributed by atoms with E-state index in [0.29, 0.717) is 12.6 Å². The fraction of sp³-hybridized carbons (Fsp3) is 0.909. The monoisotopic (exact) mass is 250 g/mol. The minimum absolute atomic E-state index is 0.439. The minimum Gasteiger partial charge on any atom is -0.352 e. The van der Waals surface area contributed by atoms with Gasteiger partial charge in [0.2, 0.25) is 0 Å². The van der Waals surface area contributed by atoms with Crippen molar-refractivity contribution in [2.24, 2.45) is 0 Å². The second kappa shape index (κ2) is 7.07. The molecule has 0 aliphatic carbocycles. The zero-order chi connectivity index (χ0) is 12.0. The molecule has 0 radical (unpaired) electrons. The van der Waals surface area contributed by atoms with Gasteiger partial charge in [0, 0.05) is 12.6 Å². The van der Waals surface area contributed by atoms with Crippen molar-refractivity contribution < 1.29 is 9.18 Å². The Morgan fingerprint density at radius 1 is 1.44 bits per heavy atom. The van der Waals surface area contributed by atoms with Crippen LogP contribution in [0.2, 0.25) is 0 Å². The lowest BCUT2D eigenvalue weighted by Crippen LogP contribution is -2.40. The first-order chi connectivity index (χ1) is 7.61.